The highest BCUT2D eigenvalue weighted by molar-refractivity contribution is 7.07. The zero-order valence-corrected chi connectivity index (χ0v) is 15.5. The summed E-state index contributed by atoms with van der Waals surface area (Å²) in [6, 6.07) is 0. The molecular formula is C18H27N3O2S. The van der Waals surface area contributed by atoms with E-state index in [-0.39, 0.29) is 17.2 Å². The quantitative estimate of drug-likeness (QED) is 0.839. The van der Waals surface area contributed by atoms with Crippen LogP contribution in [0, 0.1) is 11.3 Å². The zero-order chi connectivity index (χ0) is 17.2. The molecule has 2 aliphatic heterocycles. The smallest absolute Gasteiger partial charge is 0.273 e. The summed E-state index contributed by atoms with van der Waals surface area (Å²) < 4.78 is 0. The van der Waals surface area contributed by atoms with Gasteiger partial charge < -0.3 is 9.80 Å². The van der Waals surface area contributed by atoms with Gasteiger partial charge in [-0.3, -0.25) is 9.59 Å². The summed E-state index contributed by atoms with van der Waals surface area (Å²) >= 11 is 1.46. The number of rotatable bonds is 4. The van der Waals surface area contributed by atoms with Crippen LogP contribution in [0.1, 0.15) is 56.4 Å². The van der Waals surface area contributed by atoms with E-state index >= 15 is 0 Å². The fourth-order valence-electron chi connectivity index (χ4n) is 3.91. The van der Waals surface area contributed by atoms with Crippen molar-refractivity contribution in [2.24, 2.45) is 11.3 Å². The molecule has 1 aromatic heterocycles. The van der Waals surface area contributed by atoms with Crippen molar-refractivity contribution in [2.75, 3.05) is 26.2 Å². The number of hydrogen-bond donors (Lipinski definition) is 0. The van der Waals surface area contributed by atoms with Crippen molar-refractivity contribution in [3.8, 4) is 0 Å². The molecule has 0 saturated carbocycles. The Morgan fingerprint density at radius 1 is 1.38 bits per heavy atom. The first kappa shape index (κ1) is 17.4. The fourth-order valence-corrected chi connectivity index (χ4v) is 4.44. The molecule has 0 aliphatic carbocycles. The van der Waals surface area contributed by atoms with Crippen LogP contribution in [0.5, 0.6) is 0 Å². The molecule has 24 heavy (non-hydrogen) atoms. The van der Waals surface area contributed by atoms with Crippen LogP contribution in [0.4, 0.5) is 0 Å². The Hall–Kier alpha value is -1.43. The number of amides is 2. The summed E-state index contributed by atoms with van der Waals surface area (Å²) in [5.41, 5.74) is 2.34. The Kier molecular flexibility index (Phi) is 5.23. The topological polar surface area (TPSA) is 53.5 Å². The van der Waals surface area contributed by atoms with Crippen molar-refractivity contribution in [2.45, 2.75) is 46.0 Å². The Morgan fingerprint density at radius 2 is 2.21 bits per heavy atom. The van der Waals surface area contributed by atoms with E-state index in [4.69, 9.17) is 0 Å². The lowest BCUT2D eigenvalue weighted by Crippen LogP contribution is -2.55. The highest BCUT2D eigenvalue weighted by Gasteiger charge is 2.42. The highest BCUT2D eigenvalue weighted by atomic mass is 32.1. The van der Waals surface area contributed by atoms with E-state index < -0.39 is 0 Å². The summed E-state index contributed by atoms with van der Waals surface area (Å²) in [5, 5.41) is 1.82. The van der Waals surface area contributed by atoms with E-state index in [2.05, 4.69) is 18.8 Å². The van der Waals surface area contributed by atoms with Crippen LogP contribution in [-0.2, 0) is 4.79 Å². The lowest BCUT2D eigenvalue weighted by molar-refractivity contribution is -0.139. The van der Waals surface area contributed by atoms with Crippen molar-refractivity contribution in [3.63, 3.8) is 0 Å². The first-order valence-electron chi connectivity index (χ1n) is 8.94. The van der Waals surface area contributed by atoms with Gasteiger partial charge in [0.2, 0.25) is 5.91 Å². The normalized spacial score (nSPS) is 24.9. The van der Waals surface area contributed by atoms with Gasteiger partial charge in [-0.25, -0.2) is 4.98 Å². The van der Waals surface area contributed by atoms with Gasteiger partial charge in [-0.05, 0) is 31.6 Å². The SMILES string of the molecule is CC(C)CCN1C[C@@]2(CCCN(C(=O)c3cscn3)C2)CCC1=O. The fraction of sp³-hybridized carbons (Fsp3) is 0.722. The average Bonchev–Trinajstić information content (AvgIpc) is 3.10. The highest BCUT2D eigenvalue weighted by Crippen LogP contribution is 2.39. The minimum Gasteiger partial charge on any atom is -0.342 e. The second-order valence-corrected chi connectivity index (χ2v) is 8.42. The number of thiazole rings is 1. The number of nitrogens with zero attached hydrogens (tertiary/aromatic N) is 3. The molecule has 2 saturated heterocycles. The van der Waals surface area contributed by atoms with Crippen LogP contribution < -0.4 is 0 Å². The Bertz CT molecular complexity index is 587. The van der Waals surface area contributed by atoms with Gasteiger partial charge in [0.05, 0.1) is 5.51 Å². The van der Waals surface area contributed by atoms with Crippen LogP contribution in [0.2, 0.25) is 0 Å². The minimum atomic E-state index is 0.0426. The molecule has 0 N–H and O–H groups in total. The van der Waals surface area contributed by atoms with Crippen LogP contribution in [-0.4, -0.2) is 52.8 Å². The number of aromatic nitrogens is 1. The van der Waals surface area contributed by atoms with Gasteiger partial charge in [-0.2, -0.15) is 0 Å². The number of hydrogen-bond acceptors (Lipinski definition) is 4. The third-order valence-electron chi connectivity index (χ3n) is 5.32. The molecule has 1 spiro atoms. The molecule has 2 fully saturated rings. The van der Waals surface area contributed by atoms with Crippen molar-refractivity contribution in [3.05, 3.63) is 16.6 Å². The van der Waals surface area contributed by atoms with E-state index in [1.165, 1.54) is 11.3 Å². The molecule has 2 aliphatic rings. The number of likely N-dealkylation sites (tertiary alicyclic amines) is 2. The number of carbonyl (C=O) groups is 2. The van der Waals surface area contributed by atoms with Gasteiger partial charge in [0.25, 0.3) is 5.91 Å². The summed E-state index contributed by atoms with van der Waals surface area (Å²) in [7, 11) is 0. The van der Waals surface area contributed by atoms with Crippen LogP contribution in [0.3, 0.4) is 0 Å². The summed E-state index contributed by atoms with van der Waals surface area (Å²) in [6.45, 7) is 7.60. The Balaban J connectivity index is 1.68. The van der Waals surface area contributed by atoms with E-state index in [9.17, 15) is 9.59 Å². The van der Waals surface area contributed by atoms with Crippen molar-refractivity contribution >= 4 is 23.2 Å². The minimum absolute atomic E-state index is 0.0426. The molecular weight excluding hydrogens is 322 g/mol. The van der Waals surface area contributed by atoms with Crippen LogP contribution in [0.15, 0.2) is 10.9 Å². The Morgan fingerprint density at radius 3 is 2.92 bits per heavy atom. The third-order valence-corrected chi connectivity index (χ3v) is 5.91. The molecule has 2 amide bonds. The van der Waals surface area contributed by atoms with Gasteiger partial charge in [0, 0.05) is 43.4 Å². The predicted molar refractivity (Wildman–Crippen MR) is 95.0 cm³/mol. The molecule has 0 aromatic carbocycles. The van der Waals surface area contributed by atoms with Gasteiger partial charge in [0.1, 0.15) is 5.69 Å². The molecule has 132 valence electrons. The second kappa shape index (κ2) is 7.21. The lowest BCUT2D eigenvalue weighted by Gasteiger charge is -2.48. The second-order valence-electron chi connectivity index (χ2n) is 7.70. The number of carbonyl (C=O) groups excluding carboxylic acids is 2. The molecule has 3 heterocycles. The van der Waals surface area contributed by atoms with Gasteiger partial charge in [-0.1, -0.05) is 13.8 Å². The maximum atomic E-state index is 12.6. The number of piperidine rings is 2. The maximum Gasteiger partial charge on any atom is 0.273 e. The first-order chi connectivity index (χ1) is 11.5. The van der Waals surface area contributed by atoms with Crippen molar-refractivity contribution in [1.29, 1.82) is 0 Å². The summed E-state index contributed by atoms with van der Waals surface area (Å²) in [6.07, 6.45) is 4.70. The van der Waals surface area contributed by atoms with Crippen molar-refractivity contribution < 1.29 is 9.59 Å². The molecule has 0 radical (unpaired) electrons. The third kappa shape index (κ3) is 3.79. The van der Waals surface area contributed by atoms with Gasteiger partial charge in [0.15, 0.2) is 0 Å². The molecule has 6 heteroatoms. The lowest BCUT2D eigenvalue weighted by atomic mass is 9.73. The van der Waals surface area contributed by atoms with Gasteiger partial charge in [-0.15, -0.1) is 11.3 Å². The summed E-state index contributed by atoms with van der Waals surface area (Å²) in [5.74, 6) is 0.926. The molecule has 0 bridgehead atoms. The van der Waals surface area contributed by atoms with Crippen LogP contribution in [0.25, 0.3) is 0 Å². The average molecular weight is 350 g/mol. The van der Waals surface area contributed by atoms with E-state index in [1.54, 1.807) is 5.51 Å². The van der Waals surface area contributed by atoms with E-state index in [1.807, 2.05) is 15.2 Å². The molecule has 5 nitrogen and oxygen atoms in total. The predicted octanol–water partition coefficient (Wildman–Crippen LogP) is 3.03. The van der Waals surface area contributed by atoms with Crippen molar-refractivity contribution in [1.82, 2.24) is 14.8 Å². The summed E-state index contributed by atoms with van der Waals surface area (Å²) in [4.78, 5) is 33.1. The molecule has 3 rings (SSSR count). The van der Waals surface area contributed by atoms with E-state index in [0.717, 1.165) is 51.9 Å². The monoisotopic (exact) mass is 349 g/mol. The zero-order valence-electron chi connectivity index (χ0n) is 14.7. The van der Waals surface area contributed by atoms with Gasteiger partial charge >= 0.3 is 0 Å². The van der Waals surface area contributed by atoms with Crippen LogP contribution >= 0.6 is 11.3 Å². The maximum absolute atomic E-state index is 12.6. The Labute approximate surface area is 148 Å². The molecule has 1 atom stereocenters. The largest absolute Gasteiger partial charge is 0.342 e. The molecule has 1 aromatic rings. The standard InChI is InChI=1S/C18H27N3O2S/c1-14(2)5-9-20-11-18(7-4-16(20)22)6-3-8-21(12-18)17(23)15-10-24-13-19-15/h10,13-14H,3-9,11-12H2,1-2H3/t18-/m1/s1. The van der Waals surface area contributed by atoms with E-state index in [0.29, 0.717) is 18.0 Å². The first-order valence-corrected chi connectivity index (χ1v) is 9.89. The molecule has 0 unspecified atom stereocenters.